The van der Waals surface area contributed by atoms with Crippen LogP contribution in [-0.4, -0.2) is 28.0 Å². The van der Waals surface area contributed by atoms with E-state index in [0.717, 1.165) is 46.3 Å². The van der Waals surface area contributed by atoms with Crippen molar-refractivity contribution in [2.75, 3.05) is 11.9 Å². The highest BCUT2D eigenvalue weighted by Crippen LogP contribution is 2.38. The van der Waals surface area contributed by atoms with Gasteiger partial charge in [-0.05, 0) is 57.0 Å². The molecule has 1 N–H and O–H groups in total. The zero-order valence-corrected chi connectivity index (χ0v) is 18.7. The molecule has 0 spiro atoms. The Bertz CT molecular complexity index is 1290. The number of carbonyl (C=O) groups excluding carboxylic acids is 1. The van der Waals surface area contributed by atoms with Gasteiger partial charge in [0.2, 0.25) is 0 Å². The first-order valence-electron chi connectivity index (χ1n) is 11.6. The maximum atomic E-state index is 13.1. The first-order valence-corrected chi connectivity index (χ1v) is 11.6. The fraction of sp³-hybridized carbons (Fsp3) is 0.333. The summed E-state index contributed by atoms with van der Waals surface area (Å²) in [5.41, 5.74) is 6.18. The number of pyridine rings is 2. The topological polar surface area (TPSA) is 55.6 Å². The summed E-state index contributed by atoms with van der Waals surface area (Å²) < 4.78 is 7.56. The van der Waals surface area contributed by atoms with Crippen LogP contribution in [0, 0.1) is 6.92 Å². The predicted molar refractivity (Wildman–Crippen MR) is 129 cm³/mol. The second-order valence-electron chi connectivity index (χ2n) is 8.65. The third-order valence-corrected chi connectivity index (χ3v) is 6.36. The van der Waals surface area contributed by atoms with E-state index in [1.165, 1.54) is 24.8 Å². The highest BCUT2D eigenvalue weighted by Gasteiger charge is 2.28. The summed E-state index contributed by atoms with van der Waals surface area (Å²) in [6, 6.07) is 16.7. The number of nitrogens with zero attached hydrogens (tertiary/aromatic N) is 2. The molecule has 0 radical (unpaired) electrons. The van der Waals surface area contributed by atoms with Gasteiger partial charge in [0.1, 0.15) is 5.56 Å². The number of esters is 1. The highest BCUT2D eigenvalue weighted by molar-refractivity contribution is 6.08. The normalized spacial score (nSPS) is 14.7. The van der Waals surface area contributed by atoms with Gasteiger partial charge in [0.15, 0.2) is 0 Å². The van der Waals surface area contributed by atoms with Crippen molar-refractivity contribution in [3.8, 4) is 11.4 Å². The zero-order chi connectivity index (χ0) is 22.1. The lowest BCUT2D eigenvalue weighted by Crippen LogP contribution is -2.23. The van der Waals surface area contributed by atoms with Crippen molar-refractivity contribution < 1.29 is 9.53 Å². The number of benzene rings is 1. The number of anilines is 1. The number of aryl methyl sites for hydroxylation is 1. The second-order valence-corrected chi connectivity index (χ2v) is 8.65. The van der Waals surface area contributed by atoms with Gasteiger partial charge in [-0.15, -0.1) is 0 Å². The second kappa shape index (κ2) is 8.65. The van der Waals surface area contributed by atoms with Gasteiger partial charge in [0.05, 0.1) is 34.7 Å². The van der Waals surface area contributed by atoms with Crippen LogP contribution in [0.3, 0.4) is 0 Å². The van der Waals surface area contributed by atoms with E-state index in [9.17, 15) is 4.79 Å². The summed E-state index contributed by atoms with van der Waals surface area (Å²) in [5.74, 6) is -0.294. The number of hydrogen-bond donors (Lipinski definition) is 1. The Labute approximate surface area is 188 Å². The molecule has 1 saturated carbocycles. The van der Waals surface area contributed by atoms with Gasteiger partial charge < -0.3 is 14.5 Å². The van der Waals surface area contributed by atoms with E-state index in [2.05, 4.69) is 47.0 Å². The molecule has 0 atom stereocenters. The predicted octanol–water partition coefficient (Wildman–Crippen LogP) is 6.38. The first-order chi connectivity index (χ1) is 15.7. The number of nitrogens with one attached hydrogen (secondary N) is 1. The van der Waals surface area contributed by atoms with Gasteiger partial charge in [-0.1, -0.05) is 43.0 Å². The number of rotatable bonds is 5. The van der Waals surface area contributed by atoms with Crippen molar-refractivity contribution in [1.29, 1.82) is 0 Å². The van der Waals surface area contributed by atoms with Crippen LogP contribution in [-0.2, 0) is 4.74 Å². The van der Waals surface area contributed by atoms with Crippen molar-refractivity contribution in [2.24, 2.45) is 0 Å². The SMILES string of the molecule is CCOC(=O)c1c(NC2CCCCC2)c(-c2ccc3cc(C)ccc3n2)n2ccccc12. The number of fused-ring (bicyclic) bond motifs is 2. The van der Waals surface area contributed by atoms with Crippen LogP contribution in [0.4, 0.5) is 5.69 Å². The summed E-state index contributed by atoms with van der Waals surface area (Å²) in [6.07, 6.45) is 7.92. The number of hydrogen-bond acceptors (Lipinski definition) is 4. The van der Waals surface area contributed by atoms with Gasteiger partial charge >= 0.3 is 5.97 Å². The van der Waals surface area contributed by atoms with Gasteiger partial charge in [0, 0.05) is 17.6 Å². The van der Waals surface area contributed by atoms with Crippen LogP contribution in [0.5, 0.6) is 0 Å². The van der Waals surface area contributed by atoms with Crippen molar-refractivity contribution in [2.45, 2.75) is 52.0 Å². The largest absolute Gasteiger partial charge is 0.462 e. The maximum absolute atomic E-state index is 13.1. The summed E-state index contributed by atoms with van der Waals surface area (Å²) in [4.78, 5) is 18.1. The molecule has 3 heterocycles. The summed E-state index contributed by atoms with van der Waals surface area (Å²) in [5, 5.41) is 4.85. The van der Waals surface area contributed by atoms with Gasteiger partial charge in [-0.2, -0.15) is 0 Å². The molecule has 0 amide bonds. The summed E-state index contributed by atoms with van der Waals surface area (Å²) in [6.45, 7) is 4.28. The molecular formula is C27H29N3O2. The molecular weight excluding hydrogens is 398 g/mol. The molecule has 0 bridgehead atoms. The molecule has 4 aromatic rings. The Morgan fingerprint density at radius 1 is 1.12 bits per heavy atom. The van der Waals surface area contributed by atoms with E-state index in [1.54, 1.807) is 0 Å². The van der Waals surface area contributed by atoms with E-state index in [0.29, 0.717) is 18.2 Å². The van der Waals surface area contributed by atoms with Gasteiger partial charge in [-0.25, -0.2) is 9.78 Å². The Kier molecular flexibility index (Phi) is 5.56. The quantitative estimate of drug-likeness (QED) is 0.375. The van der Waals surface area contributed by atoms with Crippen molar-refractivity contribution in [3.63, 3.8) is 0 Å². The molecule has 5 nitrogen and oxygen atoms in total. The minimum atomic E-state index is -0.294. The molecule has 32 heavy (non-hydrogen) atoms. The lowest BCUT2D eigenvalue weighted by molar-refractivity contribution is 0.0530. The summed E-state index contributed by atoms with van der Waals surface area (Å²) in [7, 11) is 0. The Morgan fingerprint density at radius 3 is 2.78 bits per heavy atom. The number of aromatic nitrogens is 2. The van der Waals surface area contributed by atoms with E-state index in [1.807, 2.05) is 31.3 Å². The molecule has 0 unspecified atom stereocenters. The van der Waals surface area contributed by atoms with Gasteiger partial charge in [-0.3, -0.25) is 0 Å². The molecule has 0 aliphatic heterocycles. The third-order valence-electron chi connectivity index (χ3n) is 6.36. The molecule has 1 aromatic carbocycles. The molecule has 1 aliphatic rings. The van der Waals surface area contributed by atoms with Crippen molar-refractivity contribution in [3.05, 3.63) is 65.9 Å². The monoisotopic (exact) mass is 427 g/mol. The first kappa shape index (κ1) is 20.6. The third kappa shape index (κ3) is 3.72. The minimum absolute atomic E-state index is 0.294. The average Bonchev–Trinajstić information content (AvgIpc) is 3.13. The Hall–Kier alpha value is -3.34. The minimum Gasteiger partial charge on any atom is -0.462 e. The van der Waals surface area contributed by atoms with Gasteiger partial charge in [0.25, 0.3) is 0 Å². The smallest absolute Gasteiger partial charge is 0.342 e. The average molecular weight is 428 g/mol. The Balaban J connectivity index is 1.74. The van der Waals surface area contributed by atoms with Crippen molar-refractivity contribution >= 4 is 28.1 Å². The number of carbonyl (C=O) groups is 1. The molecule has 3 aromatic heterocycles. The van der Waals surface area contributed by atoms with Crippen LogP contribution in [0.25, 0.3) is 27.8 Å². The standard InChI is InChI=1S/C27H29N3O2/c1-3-32-27(31)24-23-11-7-8-16-30(23)26(25(24)28-20-9-5-4-6-10-20)22-15-13-19-17-18(2)12-14-21(19)29-22/h7-8,11-17,20,28H,3-6,9-10H2,1-2H3. The van der Waals surface area contributed by atoms with Crippen LogP contribution in [0.1, 0.15) is 54.9 Å². The fourth-order valence-corrected chi connectivity index (χ4v) is 4.84. The van der Waals surface area contributed by atoms with Crippen LogP contribution >= 0.6 is 0 Å². The lowest BCUT2D eigenvalue weighted by Gasteiger charge is -2.24. The van der Waals surface area contributed by atoms with E-state index in [-0.39, 0.29) is 5.97 Å². The fourth-order valence-electron chi connectivity index (χ4n) is 4.84. The van der Waals surface area contributed by atoms with Crippen LogP contribution < -0.4 is 5.32 Å². The van der Waals surface area contributed by atoms with E-state index < -0.39 is 0 Å². The molecule has 1 aliphatic carbocycles. The number of ether oxygens (including phenoxy) is 1. The molecule has 1 fully saturated rings. The van der Waals surface area contributed by atoms with Crippen molar-refractivity contribution in [1.82, 2.24) is 9.38 Å². The van der Waals surface area contributed by atoms with Crippen LogP contribution in [0.15, 0.2) is 54.7 Å². The highest BCUT2D eigenvalue weighted by atomic mass is 16.5. The lowest BCUT2D eigenvalue weighted by atomic mass is 9.95. The maximum Gasteiger partial charge on any atom is 0.342 e. The molecule has 5 rings (SSSR count). The Morgan fingerprint density at radius 2 is 1.97 bits per heavy atom. The van der Waals surface area contributed by atoms with E-state index >= 15 is 0 Å². The molecule has 5 heteroatoms. The molecule has 164 valence electrons. The van der Waals surface area contributed by atoms with Crippen LogP contribution in [0.2, 0.25) is 0 Å². The van der Waals surface area contributed by atoms with E-state index in [4.69, 9.17) is 9.72 Å². The zero-order valence-electron chi connectivity index (χ0n) is 18.7. The summed E-state index contributed by atoms with van der Waals surface area (Å²) >= 11 is 0. The molecule has 0 saturated heterocycles.